The summed E-state index contributed by atoms with van der Waals surface area (Å²) in [5.41, 5.74) is 4.22. The molecule has 0 radical (unpaired) electrons. The highest BCUT2D eigenvalue weighted by Crippen LogP contribution is 2.36. The molecule has 0 N–H and O–H groups in total. The van der Waals surface area contributed by atoms with Gasteiger partial charge in [0, 0.05) is 15.8 Å². The summed E-state index contributed by atoms with van der Waals surface area (Å²) in [5.74, 6) is 2.04. The van der Waals surface area contributed by atoms with Crippen molar-refractivity contribution in [3.8, 4) is 44.6 Å². The lowest BCUT2D eigenvalue weighted by molar-refractivity contribution is 1.08. The topological polar surface area (TPSA) is 38.7 Å². The molecule has 7 aromatic rings. The van der Waals surface area contributed by atoms with Crippen LogP contribution in [0.4, 0.5) is 0 Å². The second kappa shape index (κ2) is 9.08. The molecule has 3 nitrogen and oxygen atoms in total. The highest BCUT2D eigenvalue weighted by atomic mass is 32.1. The summed E-state index contributed by atoms with van der Waals surface area (Å²) in [4.78, 5) is 16.2. The van der Waals surface area contributed by atoms with Crippen LogP contribution in [0.3, 0.4) is 0 Å². The Morgan fingerprint density at radius 3 is 1.86 bits per heavy atom. The zero-order valence-corrected chi connectivity index (χ0v) is 20.7. The number of rotatable bonds is 4. The minimum absolute atomic E-state index is 0.671. The van der Waals surface area contributed by atoms with Gasteiger partial charge in [0.05, 0.1) is 4.88 Å². The van der Waals surface area contributed by atoms with Gasteiger partial charge in [0.15, 0.2) is 17.5 Å². The van der Waals surface area contributed by atoms with Crippen molar-refractivity contribution in [1.82, 2.24) is 15.0 Å². The van der Waals surface area contributed by atoms with Crippen LogP contribution in [0, 0.1) is 0 Å². The maximum Gasteiger partial charge on any atom is 0.174 e. The quantitative estimate of drug-likeness (QED) is 0.247. The summed E-state index contributed by atoms with van der Waals surface area (Å²) in [5, 5.41) is 3.48. The predicted molar refractivity (Wildman–Crippen MR) is 154 cm³/mol. The van der Waals surface area contributed by atoms with E-state index in [0.717, 1.165) is 37.9 Å². The number of hydrogen-bond acceptors (Lipinski definition) is 4. The van der Waals surface area contributed by atoms with Crippen LogP contribution in [0.5, 0.6) is 0 Å². The molecule has 0 bridgehead atoms. The largest absolute Gasteiger partial charge is 0.208 e. The molecule has 4 heteroatoms. The molecule has 37 heavy (non-hydrogen) atoms. The van der Waals surface area contributed by atoms with Crippen molar-refractivity contribution in [2.75, 3.05) is 0 Å². The molecule has 0 aliphatic rings. The Hall–Kier alpha value is -4.67. The lowest BCUT2D eigenvalue weighted by atomic mass is 9.99. The van der Waals surface area contributed by atoms with Gasteiger partial charge < -0.3 is 0 Å². The fraction of sp³-hybridized carbons (Fsp3) is 0. The lowest BCUT2D eigenvalue weighted by Crippen LogP contribution is -2.00. The van der Waals surface area contributed by atoms with Crippen LogP contribution in [-0.2, 0) is 0 Å². The Morgan fingerprint density at radius 1 is 0.432 bits per heavy atom. The van der Waals surface area contributed by atoms with E-state index in [9.17, 15) is 0 Å². The minimum atomic E-state index is 0.671. The van der Waals surface area contributed by atoms with Crippen molar-refractivity contribution in [3.05, 3.63) is 127 Å². The molecule has 0 aliphatic carbocycles. The molecule has 174 valence electrons. The third kappa shape index (κ3) is 3.98. The molecule has 5 aromatic carbocycles. The lowest BCUT2D eigenvalue weighted by Gasteiger charge is -2.12. The number of nitrogens with zero attached hydrogens (tertiary/aromatic N) is 3. The fourth-order valence-corrected chi connectivity index (χ4v) is 5.78. The predicted octanol–water partition coefficient (Wildman–Crippen LogP) is 8.91. The summed E-state index contributed by atoms with van der Waals surface area (Å²) in [6.45, 7) is 0. The molecule has 0 atom stereocenters. The number of fused-ring (bicyclic) bond motifs is 2. The van der Waals surface area contributed by atoms with E-state index in [0.29, 0.717) is 17.5 Å². The van der Waals surface area contributed by atoms with Gasteiger partial charge in [0.2, 0.25) is 0 Å². The first-order valence-electron chi connectivity index (χ1n) is 12.2. The smallest absolute Gasteiger partial charge is 0.174 e. The van der Waals surface area contributed by atoms with Crippen LogP contribution in [0.1, 0.15) is 0 Å². The van der Waals surface area contributed by atoms with Crippen LogP contribution < -0.4 is 0 Å². The minimum Gasteiger partial charge on any atom is -0.208 e. The third-order valence-corrected chi connectivity index (χ3v) is 7.68. The van der Waals surface area contributed by atoms with E-state index in [1.54, 1.807) is 11.3 Å². The second-order valence-electron chi connectivity index (χ2n) is 8.89. The van der Waals surface area contributed by atoms with E-state index in [2.05, 4.69) is 115 Å². The molecule has 2 aromatic heterocycles. The van der Waals surface area contributed by atoms with Gasteiger partial charge in [-0.05, 0) is 39.4 Å². The van der Waals surface area contributed by atoms with Crippen LogP contribution >= 0.6 is 11.3 Å². The molecule has 0 saturated carbocycles. The van der Waals surface area contributed by atoms with E-state index in [1.807, 2.05) is 12.1 Å². The standard InChI is InChI=1S/C33H21N3S/c1-2-11-22(12-3-1)25-17-7-8-18-27(25)31-34-32(28-19-10-15-23-13-4-6-16-26(23)28)36-33(35-31)30-21-24-14-5-9-20-29(24)37-30/h1-21H. The summed E-state index contributed by atoms with van der Waals surface area (Å²) >= 11 is 1.71. The Morgan fingerprint density at radius 2 is 1.03 bits per heavy atom. The molecule has 0 aliphatic heterocycles. The van der Waals surface area contributed by atoms with Gasteiger partial charge >= 0.3 is 0 Å². The van der Waals surface area contributed by atoms with E-state index < -0.39 is 0 Å². The highest BCUT2D eigenvalue weighted by molar-refractivity contribution is 7.22. The Bertz CT molecular complexity index is 1850. The summed E-state index contributed by atoms with van der Waals surface area (Å²) < 4.78 is 1.22. The van der Waals surface area contributed by atoms with Crippen molar-refractivity contribution < 1.29 is 0 Å². The van der Waals surface area contributed by atoms with E-state index in [-0.39, 0.29) is 0 Å². The maximum absolute atomic E-state index is 5.07. The Kier molecular flexibility index (Phi) is 5.30. The fourth-order valence-electron chi connectivity index (χ4n) is 4.79. The second-order valence-corrected chi connectivity index (χ2v) is 9.98. The normalized spacial score (nSPS) is 11.2. The van der Waals surface area contributed by atoms with Crippen molar-refractivity contribution in [2.24, 2.45) is 0 Å². The van der Waals surface area contributed by atoms with Gasteiger partial charge in [-0.3, -0.25) is 0 Å². The van der Waals surface area contributed by atoms with E-state index in [4.69, 9.17) is 15.0 Å². The van der Waals surface area contributed by atoms with Crippen LogP contribution in [0.15, 0.2) is 127 Å². The molecule has 0 spiro atoms. The van der Waals surface area contributed by atoms with Crippen molar-refractivity contribution >= 4 is 32.2 Å². The molecule has 2 heterocycles. The third-order valence-electron chi connectivity index (χ3n) is 6.56. The van der Waals surface area contributed by atoms with Gasteiger partial charge in [-0.25, -0.2) is 15.0 Å². The first kappa shape index (κ1) is 21.6. The molecule has 0 unspecified atom stereocenters. The van der Waals surface area contributed by atoms with Gasteiger partial charge in [-0.15, -0.1) is 11.3 Å². The van der Waals surface area contributed by atoms with Crippen molar-refractivity contribution in [1.29, 1.82) is 0 Å². The summed E-state index contributed by atoms with van der Waals surface area (Å²) in [6, 6.07) is 44.0. The number of thiophene rings is 1. The molecular weight excluding hydrogens is 470 g/mol. The van der Waals surface area contributed by atoms with Gasteiger partial charge in [0.1, 0.15) is 0 Å². The first-order chi connectivity index (χ1) is 18.3. The highest BCUT2D eigenvalue weighted by Gasteiger charge is 2.17. The molecule has 7 rings (SSSR count). The molecule has 0 saturated heterocycles. The Balaban J connectivity index is 1.50. The van der Waals surface area contributed by atoms with Crippen LogP contribution in [0.25, 0.3) is 65.5 Å². The first-order valence-corrected chi connectivity index (χ1v) is 13.0. The SMILES string of the molecule is c1ccc(-c2ccccc2-c2nc(-c3cc4ccccc4s3)nc(-c3cccc4ccccc34)n2)cc1. The van der Waals surface area contributed by atoms with Crippen molar-refractivity contribution in [2.45, 2.75) is 0 Å². The average molecular weight is 492 g/mol. The molecular formula is C33H21N3S. The summed E-state index contributed by atoms with van der Waals surface area (Å²) in [7, 11) is 0. The monoisotopic (exact) mass is 491 g/mol. The summed E-state index contributed by atoms with van der Waals surface area (Å²) in [6.07, 6.45) is 0. The molecule has 0 fully saturated rings. The van der Waals surface area contributed by atoms with Crippen LogP contribution in [-0.4, -0.2) is 15.0 Å². The van der Waals surface area contributed by atoms with E-state index >= 15 is 0 Å². The number of benzene rings is 5. The number of hydrogen-bond donors (Lipinski definition) is 0. The zero-order chi connectivity index (χ0) is 24.6. The van der Waals surface area contributed by atoms with E-state index in [1.165, 1.54) is 10.1 Å². The average Bonchev–Trinajstić information content (AvgIpc) is 3.42. The Labute approximate surface area is 218 Å². The number of aromatic nitrogens is 3. The maximum atomic E-state index is 5.07. The van der Waals surface area contributed by atoms with Crippen LogP contribution in [0.2, 0.25) is 0 Å². The zero-order valence-electron chi connectivity index (χ0n) is 19.9. The van der Waals surface area contributed by atoms with Gasteiger partial charge in [-0.1, -0.05) is 115 Å². The molecule has 0 amide bonds. The van der Waals surface area contributed by atoms with Gasteiger partial charge in [-0.2, -0.15) is 0 Å². The van der Waals surface area contributed by atoms with Crippen molar-refractivity contribution in [3.63, 3.8) is 0 Å². The van der Waals surface area contributed by atoms with Gasteiger partial charge in [0.25, 0.3) is 0 Å².